The molecule has 5 rings (SSSR count). The number of tetrazole rings is 1. The Kier molecular flexibility index (Phi) is 5.91. The number of imidazole rings is 1. The quantitative estimate of drug-likeness (QED) is 0.304. The molecule has 0 amide bonds. The lowest BCUT2D eigenvalue weighted by atomic mass is 9.94. The van der Waals surface area contributed by atoms with Crippen LogP contribution in [-0.2, 0) is 7.05 Å². The van der Waals surface area contributed by atoms with Gasteiger partial charge in [-0.1, -0.05) is 55.5 Å². The van der Waals surface area contributed by atoms with Crippen molar-refractivity contribution in [2.75, 3.05) is 0 Å². The van der Waals surface area contributed by atoms with Crippen molar-refractivity contribution < 1.29 is 0 Å². The number of fused-ring (bicyclic) bond motifs is 3. The highest BCUT2D eigenvalue weighted by atomic mass is 15.5. The molecule has 0 aliphatic heterocycles. The Morgan fingerprint density at radius 3 is 2.74 bits per heavy atom. The van der Waals surface area contributed by atoms with E-state index in [-0.39, 0.29) is 6.04 Å². The summed E-state index contributed by atoms with van der Waals surface area (Å²) in [5.41, 5.74) is 8.37. The third-order valence-corrected chi connectivity index (χ3v) is 6.45. The van der Waals surface area contributed by atoms with E-state index < -0.39 is 0 Å². The predicted molar refractivity (Wildman–Crippen MR) is 140 cm³/mol. The first-order valence-corrected chi connectivity index (χ1v) is 11.8. The van der Waals surface area contributed by atoms with E-state index in [4.69, 9.17) is 0 Å². The summed E-state index contributed by atoms with van der Waals surface area (Å²) < 4.78 is 3.87. The smallest absolute Gasteiger partial charge is 0.180 e. The van der Waals surface area contributed by atoms with Gasteiger partial charge in [-0.3, -0.25) is 0 Å². The Labute approximate surface area is 205 Å². The van der Waals surface area contributed by atoms with Crippen LogP contribution in [0.1, 0.15) is 43.1 Å². The molecule has 0 bridgehead atoms. The van der Waals surface area contributed by atoms with Crippen LogP contribution in [0.2, 0.25) is 0 Å². The zero-order valence-corrected chi connectivity index (χ0v) is 20.6. The summed E-state index contributed by atoms with van der Waals surface area (Å²) >= 11 is 0. The van der Waals surface area contributed by atoms with Crippen LogP contribution < -0.4 is 0 Å². The summed E-state index contributed by atoms with van der Waals surface area (Å²) in [6, 6.07) is 17.0. The zero-order valence-electron chi connectivity index (χ0n) is 20.6. The Bertz CT molecular complexity index is 1560. The monoisotopic (exact) mass is 463 g/mol. The molecule has 0 aliphatic carbocycles. The number of hydrogen-bond acceptors (Lipinski definition) is 5. The number of pyridine rings is 1. The second kappa shape index (κ2) is 9.18. The van der Waals surface area contributed by atoms with Crippen molar-refractivity contribution in [3.05, 3.63) is 102 Å². The minimum Gasteiger partial charge on any atom is -0.339 e. The average molecular weight is 464 g/mol. The highest BCUT2D eigenvalue weighted by molar-refractivity contribution is 5.97. The van der Waals surface area contributed by atoms with Crippen LogP contribution in [0, 0.1) is 6.92 Å². The summed E-state index contributed by atoms with van der Waals surface area (Å²) in [5.74, 6) is 0. The molecule has 2 aromatic carbocycles. The first kappa shape index (κ1) is 22.5. The van der Waals surface area contributed by atoms with Crippen molar-refractivity contribution in [3.63, 3.8) is 0 Å². The minimum absolute atomic E-state index is 0.0922. The molecule has 0 saturated carbocycles. The SMILES string of the molecule is C=C(CC)N(/C=C\C)C(c1ccc2c(c1)c(-c1cccc(C)c1)cc1nnnn12)c1cncn1C. The topological polar surface area (TPSA) is 64.1 Å². The van der Waals surface area contributed by atoms with Crippen molar-refractivity contribution >= 4 is 16.6 Å². The number of nitrogens with zero attached hydrogens (tertiary/aromatic N) is 7. The lowest BCUT2D eigenvalue weighted by Crippen LogP contribution is -2.25. The van der Waals surface area contributed by atoms with Crippen molar-refractivity contribution in [3.8, 4) is 11.1 Å². The highest BCUT2D eigenvalue weighted by Crippen LogP contribution is 2.37. The maximum Gasteiger partial charge on any atom is 0.180 e. The molecule has 3 heterocycles. The molecular weight excluding hydrogens is 434 g/mol. The van der Waals surface area contributed by atoms with E-state index in [1.54, 1.807) is 4.52 Å². The average Bonchev–Trinajstić information content (AvgIpc) is 3.51. The molecule has 0 N–H and O–H groups in total. The molecule has 3 aromatic heterocycles. The number of aromatic nitrogens is 6. The van der Waals surface area contributed by atoms with Gasteiger partial charge in [0.25, 0.3) is 0 Å². The van der Waals surface area contributed by atoms with Crippen LogP contribution in [0.3, 0.4) is 0 Å². The second-order valence-corrected chi connectivity index (χ2v) is 8.79. The van der Waals surface area contributed by atoms with Crippen molar-refractivity contribution in [1.29, 1.82) is 0 Å². The predicted octanol–water partition coefficient (Wildman–Crippen LogP) is 5.84. The summed E-state index contributed by atoms with van der Waals surface area (Å²) in [6.45, 7) is 10.6. The van der Waals surface area contributed by atoms with E-state index in [1.165, 1.54) is 5.56 Å². The molecule has 0 saturated heterocycles. The van der Waals surface area contributed by atoms with Gasteiger partial charge in [0.05, 0.1) is 23.7 Å². The molecule has 1 atom stereocenters. The highest BCUT2D eigenvalue weighted by Gasteiger charge is 2.25. The van der Waals surface area contributed by atoms with Gasteiger partial charge >= 0.3 is 0 Å². The van der Waals surface area contributed by atoms with E-state index >= 15 is 0 Å². The van der Waals surface area contributed by atoms with E-state index in [0.717, 1.165) is 51.1 Å². The molecule has 0 radical (unpaired) electrons. The number of benzene rings is 2. The van der Waals surface area contributed by atoms with Crippen LogP contribution in [0.25, 0.3) is 27.7 Å². The fraction of sp³-hybridized carbons (Fsp3) is 0.214. The third kappa shape index (κ3) is 3.99. The second-order valence-electron chi connectivity index (χ2n) is 8.79. The van der Waals surface area contributed by atoms with E-state index in [0.29, 0.717) is 0 Å². The van der Waals surface area contributed by atoms with Crippen molar-refractivity contribution in [2.24, 2.45) is 7.05 Å². The number of allylic oxidation sites excluding steroid dienone is 2. The van der Waals surface area contributed by atoms with Gasteiger partial charge in [0.15, 0.2) is 5.65 Å². The van der Waals surface area contributed by atoms with Gasteiger partial charge in [-0.25, -0.2) is 4.98 Å². The van der Waals surface area contributed by atoms with Gasteiger partial charge in [0.2, 0.25) is 0 Å². The van der Waals surface area contributed by atoms with E-state index in [9.17, 15) is 0 Å². The molecule has 35 heavy (non-hydrogen) atoms. The molecule has 7 heteroatoms. The first-order chi connectivity index (χ1) is 17.0. The molecule has 0 spiro atoms. The Morgan fingerprint density at radius 1 is 1.17 bits per heavy atom. The van der Waals surface area contributed by atoms with Crippen LogP contribution in [-0.4, -0.2) is 34.5 Å². The Hall–Kier alpha value is -4.26. The lowest BCUT2D eigenvalue weighted by molar-refractivity contribution is 0.370. The fourth-order valence-electron chi connectivity index (χ4n) is 4.66. The van der Waals surface area contributed by atoms with Gasteiger partial charge in [0.1, 0.15) is 6.04 Å². The molecule has 5 aromatic rings. The Morgan fingerprint density at radius 2 is 2.03 bits per heavy atom. The zero-order chi connectivity index (χ0) is 24.5. The summed E-state index contributed by atoms with van der Waals surface area (Å²) in [4.78, 5) is 6.66. The molecule has 7 nitrogen and oxygen atoms in total. The maximum atomic E-state index is 4.42. The van der Waals surface area contributed by atoms with Crippen LogP contribution in [0.5, 0.6) is 0 Å². The minimum atomic E-state index is -0.0922. The maximum absolute atomic E-state index is 4.42. The van der Waals surface area contributed by atoms with Crippen LogP contribution in [0.4, 0.5) is 0 Å². The normalized spacial score (nSPS) is 12.6. The molecule has 0 aliphatic rings. The molecule has 176 valence electrons. The van der Waals surface area contributed by atoms with Gasteiger partial charge in [-0.15, -0.1) is 5.10 Å². The number of aryl methyl sites for hydroxylation is 2. The molecular formula is C28H29N7. The fourth-order valence-corrected chi connectivity index (χ4v) is 4.66. The van der Waals surface area contributed by atoms with Gasteiger partial charge in [-0.2, -0.15) is 4.52 Å². The lowest BCUT2D eigenvalue weighted by Gasteiger charge is -2.33. The van der Waals surface area contributed by atoms with Crippen molar-refractivity contribution in [2.45, 2.75) is 33.2 Å². The largest absolute Gasteiger partial charge is 0.339 e. The molecule has 0 fully saturated rings. The molecule has 1 unspecified atom stereocenters. The van der Waals surface area contributed by atoms with Crippen LogP contribution >= 0.6 is 0 Å². The van der Waals surface area contributed by atoms with E-state index in [2.05, 4.69) is 105 Å². The van der Waals surface area contributed by atoms with E-state index in [1.807, 2.05) is 32.6 Å². The van der Waals surface area contributed by atoms with Crippen molar-refractivity contribution in [1.82, 2.24) is 34.5 Å². The summed E-state index contributed by atoms with van der Waals surface area (Å²) in [6.07, 6.45) is 8.76. The Balaban J connectivity index is 1.80. The summed E-state index contributed by atoms with van der Waals surface area (Å²) in [7, 11) is 2.03. The standard InChI is InChI=1S/C28H29N7/c1-6-13-34(20(4)7-2)28(26-17-29-18-33(26)5)22-11-12-25-24(15-22)23(16-27-30-31-32-35(25)27)21-10-8-9-19(3)14-21/h6,8-18,28H,4,7H2,1-3,5H3/b13-6-. The van der Waals surface area contributed by atoms with Gasteiger partial charge < -0.3 is 9.47 Å². The first-order valence-electron chi connectivity index (χ1n) is 11.8. The summed E-state index contributed by atoms with van der Waals surface area (Å²) in [5, 5.41) is 13.5. The third-order valence-electron chi connectivity index (χ3n) is 6.45. The van der Waals surface area contributed by atoms with Crippen LogP contribution in [0.15, 0.2) is 85.6 Å². The number of hydrogen-bond donors (Lipinski definition) is 0. The van der Waals surface area contributed by atoms with Gasteiger partial charge in [0, 0.05) is 24.3 Å². The number of rotatable bonds is 7. The van der Waals surface area contributed by atoms with Gasteiger partial charge in [-0.05, 0) is 65.6 Å².